The van der Waals surface area contributed by atoms with Crippen molar-refractivity contribution in [2.45, 2.75) is 38.7 Å². The highest BCUT2D eigenvalue weighted by atomic mass is 19.4. The lowest BCUT2D eigenvalue weighted by Crippen LogP contribution is -2.51. The molecule has 0 rings (SSSR count). The summed E-state index contributed by atoms with van der Waals surface area (Å²) in [6, 6.07) is -1.72. The Bertz CT molecular complexity index is 241. The fraction of sp³-hybridized carbons (Fsp3) is 0.800. The average molecular weight is 263 g/mol. The number of nitrogens with one attached hydrogen (secondary N) is 1. The molecule has 0 bridgehead atoms. The monoisotopic (exact) mass is 263 g/mol. The number of halogens is 6. The highest BCUT2D eigenvalue weighted by Crippen LogP contribution is 2.42. The van der Waals surface area contributed by atoms with Gasteiger partial charge in [-0.1, -0.05) is 12.5 Å². The lowest BCUT2D eigenvalue weighted by Gasteiger charge is -2.31. The van der Waals surface area contributed by atoms with E-state index < -0.39 is 24.3 Å². The largest absolute Gasteiger partial charge is 0.402 e. The summed E-state index contributed by atoms with van der Waals surface area (Å²) in [5, 5.41) is 2.23. The van der Waals surface area contributed by atoms with Gasteiger partial charge in [-0.2, -0.15) is 26.3 Å². The second kappa shape index (κ2) is 5.75. The quantitative estimate of drug-likeness (QED) is 0.589. The van der Waals surface area contributed by atoms with E-state index in [0.717, 1.165) is 0 Å². The van der Waals surface area contributed by atoms with Gasteiger partial charge in [-0.15, -0.1) is 6.58 Å². The maximum absolute atomic E-state index is 12.5. The first-order valence-electron chi connectivity index (χ1n) is 5.01. The van der Waals surface area contributed by atoms with Crippen molar-refractivity contribution in [3.8, 4) is 0 Å². The molecule has 0 aromatic heterocycles. The topological polar surface area (TPSA) is 12.0 Å². The molecule has 0 heterocycles. The van der Waals surface area contributed by atoms with Crippen LogP contribution >= 0.6 is 0 Å². The van der Waals surface area contributed by atoms with E-state index in [1.165, 1.54) is 13.8 Å². The molecule has 1 unspecified atom stereocenters. The highest BCUT2D eigenvalue weighted by Gasteiger charge is 2.59. The van der Waals surface area contributed by atoms with Crippen LogP contribution < -0.4 is 5.32 Å². The van der Waals surface area contributed by atoms with Crippen molar-refractivity contribution in [2.24, 2.45) is 5.92 Å². The molecule has 0 spiro atoms. The van der Waals surface area contributed by atoms with Gasteiger partial charge in [0.25, 0.3) is 0 Å². The molecule has 17 heavy (non-hydrogen) atoms. The van der Waals surface area contributed by atoms with Crippen LogP contribution in [0.1, 0.15) is 20.3 Å². The summed E-state index contributed by atoms with van der Waals surface area (Å²) in [5.74, 6) is -3.37. The van der Waals surface area contributed by atoms with Gasteiger partial charge in [-0.05, 0) is 19.9 Å². The summed E-state index contributed by atoms with van der Waals surface area (Å²) < 4.78 is 74.7. The van der Waals surface area contributed by atoms with Gasteiger partial charge in [0.1, 0.15) is 0 Å². The fourth-order valence-corrected chi connectivity index (χ4v) is 1.59. The van der Waals surface area contributed by atoms with E-state index in [1.807, 2.05) is 0 Å². The minimum absolute atomic E-state index is 0.0284. The second-order valence-corrected chi connectivity index (χ2v) is 3.89. The molecule has 102 valence electrons. The van der Waals surface area contributed by atoms with E-state index in [4.69, 9.17) is 0 Å². The molecule has 7 heteroatoms. The van der Waals surface area contributed by atoms with Gasteiger partial charge < -0.3 is 5.32 Å². The number of hydrogen-bond acceptors (Lipinski definition) is 1. The van der Waals surface area contributed by atoms with Crippen molar-refractivity contribution in [3.63, 3.8) is 0 Å². The van der Waals surface area contributed by atoms with Gasteiger partial charge in [0, 0.05) is 6.04 Å². The third-order valence-corrected chi connectivity index (χ3v) is 2.14. The molecule has 0 fully saturated rings. The predicted molar refractivity (Wildman–Crippen MR) is 52.5 cm³/mol. The van der Waals surface area contributed by atoms with E-state index in [-0.39, 0.29) is 18.5 Å². The Hall–Kier alpha value is -0.720. The van der Waals surface area contributed by atoms with Crippen molar-refractivity contribution < 1.29 is 26.3 Å². The van der Waals surface area contributed by atoms with E-state index in [0.29, 0.717) is 0 Å². The molecular weight excluding hydrogens is 248 g/mol. The molecular formula is C10H15F6N. The third kappa shape index (κ3) is 5.43. The van der Waals surface area contributed by atoms with E-state index in [9.17, 15) is 26.3 Å². The molecule has 0 aliphatic carbocycles. The minimum Gasteiger partial charge on any atom is -0.313 e. The lowest BCUT2D eigenvalue weighted by molar-refractivity contribution is -0.291. The second-order valence-electron chi connectivity index (χ2n) is 3.89. The van der Waals surface area contributed by atoms with Crippen LogP contribution in [-0.4, -0.2) is 24.9 Å². The molecule has 0 amide bonds. The molecule has 1 atom stereocenters. The van der Waals surface area contributed by atoms with Gasteiger partial charge in [0.2, 0.25) is 0 Å². The molecule has 0 saturated carbocycles. The molecule has 0 radical (unpaired) electrons. The summed E-state index contributed by atoms with van der Waals surface area (Å²) in [6.07, 6.45) is -11.0. The third-order valence-electron chi connectivity index (χ3n) is 2.14. The lowest BCUT2D eigenvalue weighted by atomic mass is 9.93. The van der Waals surface area contributed by atoms with Crippen LogP contribution in [0.5, 0.6) is 0 Å². The maximum Gasteiger partial charge on any atom is 0.402 e. The summed E-state index contributed by atoms with van der Waals surface area (Å²) in [6.45, 7) is 6.23. The zero-order valence-corrected chi connectivity index (χ0v) is 9.54. The van der Waals surface area contributed by atoms with Crippen molar-refractivity contribution in [2.75, 3.05) is 6.54 Å². The molecule has 0 aliphatic rings. The number of alkyl halides is 6. The van der Waals surface area contributed by atoms with Crippen LogP contribution in [0.15, 0.2) is 12.2 Å². The zero-order valence-electron chi connectivity index (χ0n) is 9.54. The zero-order chi connectivity index (χ0) is 13.9. The van der Waals surface area contributed by atoms with Crippen molar-refractivity contribution >= 4 is 0 Å². The predicted octanol–water partition coefficient (Wildman–Crippen LogP) is 3.67. The van der Waals surface area contributed by atoms with Gasteiger partial charge in [-0.3, -0.25) is 0 Å². The summed E-state index contributed by atoms with van der Waals surface area (Å²) in [4.78, 5) is 0. The van der Waals surface area contributed by atoms with Crippen LogP contribution in [0.2, 0.25) is 0 Å². The van der Waals surface area contributed by atoms with Gasteiger partial charge in [-0.25, -0.2) is 0 Å². The van der Waals surface area contributed by atoms with Crippen LogP contribution in [0.3, 0.4) is 0 Å². The molecule has 0 aliphatic heterocycles. The molecule has 0 aromatic rings. The fourth-order valence-electron chi connectivity index (χ4n) is 1.59. The Kier molecular flexibility index (Phi) is 5.51. The van der Waals surface area contributed by atoms with Gasteiger partial charge >= 0.3 is 12.4 Å². The smallest absolute Gasteiger partial charge is 0.313 e. The van der Waals surface area contributed by atoms with Crippen molar-refractivity contribution in [1.29, 1.82) is 0 Å². The summed E-state index contributed by atoms with van der Waals surface area (Å²) in [7, 11) is 0. The standard InChI is InChI=1S/C10H15F6N/c1-4-17-7(5-6(2)3)8(9(11,12)13)10(14,15)16/h7-8,17H,2,4-5H2,1,3H3. The Morgan fingerprint density at radius 1 is 1.12 bits per heavy atom. The maximum atomic E-state index is 12.5. The van der Waals surface area contributed by atoms with Crippen LogP contribution in [-0.2, 0) is 0 Å². The van der Waals surface area contributed by atoms with Gasteiger partial charge in [0.05, 0.1) is 0 Å². The first-order valence-corrected chi connectivity index (χ1v) is 5.01. The molecule has 0 aromatic carbocycles. The van der Waals surface area contributed by atoms with Crippen LogP contribution in [0.4, 0.5) is 26.3 Å². The highest BCUT2D eigenvalue weighted by molar-refractivity contribution is 4.98. The normalized spacial score (nSPS) is 15.1. The molecule has 1 nitrogen and oxygen atoms in total. The Morgan fingerprint density at radius 3 is 1.76 bits per heavy atom. The van der Waals surface area contributed by atoms with Crippen LogP contribution in [0.25, 0.3) is 0 Å². The van der Waals surface area contributed by atoms with Crippen molar-refractivity contribution in [3.05, 3.63) is 12.2 Å². The van der Waals surface area contributed by atoms with E-state index >= 15 is 0 Å². The first kappa shape index (κ1) is 16.3. The van der Waals surface area contributed by atoms with Gasteiger partial charge in [0.15, 0.2) is 5.92 Å². The summed E-state index contributed by atoms with van der Waals surface area (Å²) >= 11 is 0. The minimum atomic E-state index is -5.32. The van der Waals surface area contributed by atoms with Crippen LogP contribution in [0, 0.1) is 5.92 Å². The van der Waals surface area contributed by atoms with E-state index in [1.54, 1.807) is 0 Å². The molecule has 0 saturated heterocycles. The Balaban J connectivity index is 5.15. The number of hydrogen-bond donors (Lipinski definition) is 1. The van der Waals surface area contributed by atoms with Crippen molar-refractivity contribution in [1.82, 2.24) is 5.32 Å². The number of rotatable bonds is 5. The molecule has 1 N–H and O–H groups in total. The first-order chi connectivity index (χ1) is 7.50. The SMILES string of the molecule is C=C(C)CC(NCC)C(C(F)(F)F)C(F)(F)F. The summed E-state index contributed by atoms with van der Waals surface area (Å²) in [5.41, 5.74) is 0.273. The Labute approximate surface area is 95.9 Å². The van der Waals surface area contributed by atoms with E-state index in [2.05, 4.69) is 11.9 Å². The average Bonchev–Trinajstić information content (AvgIpc) is 1.96. The Morgan fingerprint density at radius 2 is 1.53 bits per heavy atom.